The Labute approximate surface area is 205 Å². The molecule has 0 spiro atoms. The average molecular weight is 446 g/mol. The summed E-state index contributed by atoms with van der Waals surface area (Å²) in [5, 5.41) is 0. The van der Waals surface area contributed by atoms with E-state index in [1.807, 2.05) is 0 Å². The highest BCUT2D eigenvalue weighted by Crippen LogP contribution is 2.52. The predicted octanol–water partition coefficient (Wildman–Crippen LogP) is 9.21. The van der Waals surface area contributed by atoms with Crippen LogP contribution in [0, 0.1) is 13.8 Å². The predicted molar refractivity (Wildman–Crippen MR) is 147 cm³/mol. The molecule has 0 amide bonds. The number of anilines is 2. The largest absolute Gasteiger partial charge is 0.336 e. The lowest BCUT2D eigenvalue weighted by molar-refractivity contribution is 0.558. The fourth-order valence-corrected chi connectivity index (χ4v) is 5.85. The van der Waals surface area contributed by atoms with Gasteiger partial charge in [-0.1, -0.05) is 86.6 Å². The van der Waals surface area contributed by atoms with Gasteiger partial charge in [-0.2, -0.15) is 0 Å². The van der Waals surface area contributed by atoms with Gasteiger partial charge in [-0.3, -0.25) is 0 Å². The minimum Gasteiger partial charge on any atom is -0.336 e. The van der Waals surface area contributed by atoms with Gasteiger partial charge in [-0.15, -0.1) is 0 Å². The highest BCUT2D eigenvalue weighted by molar-refractivity contribution is 5.89. The summed E-state index contributed by atoms with van der Waals surface area (Å²) in [6.45, 7) is 16.2. The molecule has 0 saturated heterocycles. The first kappa shape index (κ1) is 22.5. The molecule has 1 heteroatoms. The monoisotopic (exact) mass is 445 g/mol. The standard InChI is InChI=1S/C33H35N/c1-22-25(24-14-9-8-10-15-24)17-13-19-29(22)34(32(3,4)5)30-21-20-28-31(23(30)2)26-16-11-12-18-27(26)33(28,6)7/h8-21H,1-7H3. The molecule has 1 aliphatic carbocycles. The minimum absolute atomic E-state index is 0.0188. The maximum atomic E-state index is 2.54. The Kier molecular flexibility index (Phi) is 5.20. The molecule has 0 aromatic heterocycles. The summed E-state index contributed by atoms with van der Waals surface area (Å²) in [5.41, 5.74) is 13.3. The molecule has 0 saturated carbocycles. The second-order valence-electron chi connectivity index (χ2n) is 11.1. The number of rotatable bonds is 3. The first-order valence-corrected chi connectivity index (χ1v) is 12.3. The van der Waals surface area contributed by atoms with E-state index >= 15 is 0 Å². The fraction of sp³-hybridized carbons (Fsp3) is 0.273. The summed E-state index contributed by atoms with van der Waals surface area (Å²) in [7, 11) is 0. The normalized spacial score (nSPS) is 14.0. The smallest absolute Gasteiger partial charge is 0.0451 e. The van der Waals surface area contributed by atoms with E-state index in [4.69, 9.17) is 0 Å². The Morgan fingerprint density at radius 2 is 1.21 bits per heavy atom. The van der Waals surface area contributed by atoms with Crippen LogP contribution in [0.1, 0.15) is 56.9 Å². The van der Waals surface area contributed by atoms with Crippen molar-refractivity contribution in [2.24, 2.45) is 0 Å². The molecule has 4 aromatic rings. The molecule has 0 fully saturated rings. The molecule has 1 nitrogen and oxygen atoms in total. The Balaban J connectivity index is 1.74. The number of hydrogen-bond donors (Lipinski definition) is 0. The fourth-order valence-electron chi connectivity index (χ4n) is 5.85. The van der Waals surface area contributed by atoms with Crippen LogP contribution >= 0.6 is 0 Å². The van der Waals surface area contributed by atoms with Gasteiger partial charge in [-0.25, -0.2) is 0 Å². The molecule has 0 atom stereocenters. The van der Waals surface area contributed by atoms with Crippen molar-refractivity contribution in [2.45, 2.75) is 59.4 Å². The third-order valence-electron chi connectivity index (χ3n) is 7.52. The number of fused-ring (bicyclic) bond motifs is 3. The third-order valence-corrected chi connectivity index (χ3v) is 7.52. The van der Waals surface area contributed by atoms with E-state index in [0.717, 1.165) is 0 Å². The number of hydrogen-bond acceptors (Lipinski definition) is 1. The number of benzene rings is 4. The van der Waals surface area contributed by atoms with Crippen LogP contribution in [0.5, 0.6) is 0 Å². The molecule has 0 N–H and O–H groups in total. The maximum Gasteiger partial charge on any atom is 0.0451 e. The van der Waals surface area contributed by atoms with E-state index in [2.05, 4.69) is 138 Å². The molecular formula is C33H35N. The highest BCUT2D eigenvalue weighted by atomic mass is 15.2. The maximum absolute atomic E-state index is 2.54. The second kappa shape index (κ2) is 7.87. The van der Waals surface area contributed by atoms with Crippen LogP contribution in [0.15, 0.2) is 84.9 Å². The van der Waals surface area contributed by atoms with Crippen molar-refractivity contribution in [3.05, 3.63) is 107 Å². The van der Waals surface area contributed by atoms with Gasteiger partial charge < -0.3 is 4.90 Å². The Hall–Kier alpha value is -3.32. The molecule has 0 bridgehead atoms. The first-order chi connectivity index (χ1) is 16.1. The molecule has 5 rings (SSSR count). The second-order valence-corrected chi connectivity index (χ2v) is 11.1. The highest BCUT2D eigenvalue weighted by Gasteiger charge is 2.38. The van der Waals surface area contributed by atoms with Gasteiger partial charge in [0.05, 0.1) is 0 Å². The van der Waals surface area contributed by atoms with Crippen molar-refractivity contribution in [1.29, 1.82) is 0 Å². The zero-order chi connectivity index (χ0) is 24.3. The van der Waals surface area contributed by atoms with Gasteiger partial charge in [0.15, 0.2) is 0 Å². The van der Waals surface area contributed by atoms with E-state index in [1.165, 1.54) is 55.9 Å². The van der Waals surface area contributed by atoms with Crippen LogP contribution in [0.3, 0.4) is 0 Å². The lowest BCUT2D eigenvalue weighted by atomic mass is 9.82. The Morgan fingerprint density at radius 1 is 0.588 bits per heavy atom. The molecular weight excluding hydrogens is 410 g/mol. The van der Waals surface area contributed by atoms with Crippen LogP contribution in [0.2, 0.25) is 0 Å². The van der Waals surface area contributed by atoms with E-state index < -0.39 is 0 Å². The Bertz CT molecular complexity index is 1370. The first-order valence-electron chi connectivity index (χ1n) is 12.3. The van der Waals surface area contributed by atoms with E-state index in [1.54, 1.807) is 0 Å². The molecule has 172 valence electrons. The zero-order valence-electron chi connectivity index (χ0n) is 21.5. The summed E-state index contributed by atoms with van der Waals surface area (Å²) in [6.07, 6.45) is 0. The lowest BCUT2D eigenvalue weighted by Gasteiger charge is -2.40. The summed E-state index contributed by atoms with van der Waals surface area (Å²) >= 11 is 0. The molecule has 0 radical (unpaired) electrons. The van der Waals surface area contributed by atoms with E-state index in [0.29, 0.717) is 0 Å². The van der Waals surface area contributed by atoms with Gasteiger partial charge in [0.25, 0.3) is 0 Å². The van der Waals surface area contributed by atoms with E-state index in [9.17, 15) is 0 Å². The van der Waals surface area contributed by atoms with Crippen molar-refractivity contribution < 1.29 is 0 Å². The SMILES string of the molecule is Cc1c(-c2ccccc2)cccc1N(c1ccc2c(c1C)-c1ccccc1C2(C)C)C(C)(C)C. The molecule has 34 heavy (non-hydrogen) atoms. The summed E-state index contributed by atoms with van der Waals surface area (Å²) in [6, 6.07) is 31.1. The molecule has 0 aliphatic heterocycles. The quantitative estimate of drug-likeness (QED) is 0.304. The third kappa shape index (κ3) is 3.38. The summed E-state index contributed by atoms with van der Waals surface area (Å²) < 4.78 is 0. The van der Waals surface area contributed by atoms with E-state index in [-0.39, 0.29) is 11.0 Å². The summed E-state index contributed by atoms with van der Waals surface area (Å²) in [5.74, 6) is 0. The van der Waals surface area contributed by atoms with Gasteiger partial charge in [0.2, 0.25) is 0 Å². The van der Waals surface area contributed by atoms with Gasteiger partial charge in [0.1, 0.15) is 0 Å². The summed E-state index contributed by atoms with van der Waals surface area (Å²) in [4.78, 5) is 2.54. The van der Waals surface area contributed by atoms with Crippen molar-refractivity contribution in [3.63, 3.8) is 0 Å². The minimum atomic E-state index is -0.0906. The van der Waals surface area contributed by atoms with Gasteiger partial charge >= 0.3 is 0 Å². The topological polar surface area (TPSA) is 3.24 Å². The molecule has 4 aromatic carbocycles. The van der Waals surface area contributed by atoms with Crippen LogP contribution in [-0.2, 0) is 5.41 Å². The van der Waals surface area contributed by atoms with Crippen molar-refractivity contribution in [3.8, 4) is 22.3 Å². The van der Waals surface area contributed by atoms with Crippen molar-refractivity contribution in [1.82, 2.24) is 0 Å². The van der Waals surface area contributed by atoms with Crippen LogP contribution < -0.4 is 4.90 Å². The lowest BCUT2D eigenvalue weighted by Crippen LogP contribution is -2.38. The molecule has 0 unspecified atom stereocenters. The average Bonchev–Trinajstić information content (AvgIpc) is 3.04. The Morgan fingerprint density at radius 3 is 1.91 bits per heavy atom. The number of nitrogens with zero attached hydrogens (tertiary/aromatic N) is 1. The van der Waals surface area contributed by atoms with Crippen molar-refractivity contribution in [2.75, 3.05) is 4.90 Å². The van der Waals surface area contributed by atoms with Gasteiger partial charge in [-0.05, 0) is 91.3 Å². The van der Waals surface area contributed by atoms with Crippen LogP contribution in [0.4, 0.5) is 11.4 Å². The van der Waals surface area contributed by atoms with Gasteiger partial charge in [0, 0.05) is 22.3 Å². The molecule has 0 heterocycles. The zero-order valence-corrected chi connectivity index (χ0v) is 21.5. The van der Waals surface area contributed by atoms with Crippen LogP contribution in [0.25, 0.3) is 22.3 Å². The van der Waals surface area contributed by atoms with Crippen LogP contribution in [-0.4, -0.2) is 5.54 Å². The molecule has 1 aliphatic rings. The van der Waals surface area contributed by atoms with Crippen molar-refractivity contribution >= 4 is 11.4 Å².